The lowest BCUT2D eigenvalue weighted by molar-refractivity contribution is -0.137. The minimum atomic E-state index is -0.412. The van der Waals surface area contributed by atoms with Crippen molar-refractivity contribution >= 4 is 11.8 Å². The lowest BCUT2D eigenvalue weighted by Crippen LogP contribution is -2.43. The van der Waals surface area contributed by atoms with E-state index in [0.717, 1.165) is 6.54 Å². The lowest BCUT2D eigenvalue weighted by atomic mass is 10.1. The second-order valence-corrected chi connectivity index (χ2v) is 6.85. The molecule has 0 aromatic carbocycles. The summed E-state index contributed by atoms with van der Waals surface area (Å²) in [5.74, 6) is -0.262. The van der Waals surface area contributed by atoms with Gasteiger partial charge in [-0.25, -0.2) is 0 Å². The Balaban J connectivity index is 1.63. The quantitative estimate of drug-likeness (QED) is 0.548. The van der Waals surface area contributed by atoms with Gasteiger partial charge < -0.3 is 15.5 Å². The molecule has 0 spiro atoms. The van der Waals surface area contributed by atoms with E-state index in [4.69, 9.17) is 0 Å². The van der Waals surface area contributed by atoms with Crippen LogP contribution in [0.2, 0.25) is 0 Å². The van der Waals surface area contributed by atoms with Crippen molar-refractivity contribution in [2.45, 2.75) is 57.5 Å². The van der Waals surface area contributed by atoms with Crippen molar-refractivity contribution in [3.63, 3.8) is 0 Å². The second-order valence-electron chi connectivity index (χ2n) is 6.85. The van der Waals surface area contributed by atoms with Gasteiger partial charge in [0.2, 0.25) is 11.8 Å². The molecule has 140 valence electrons. The number of likely N-dealkylation sites (N-methyl/N-ethyl adjacent to an activating group) is 1. The number of carbonyl (C=O) groups is 2. The number of rotatable bonds is 8. The highest BCUT2D eigenvalue weighted by Crippen LogP contribution is 2.16. The molecule has 1 unspecified atom stereocenters. The number of aromatic nitrogens is 2. The van der Waals surface area contributed by atoms with Crippen LogP contribution in [0.3, 0.4) is 0 Å². The monoisotopic (exact) mass is 349 g/mol. The van der Waals surface area contributed by atoms with Crippen LogP contribution in [-0.2, 0) is 9.59 Å². The van der Waals surface area contributed by atoms with Gasteiger partial charge in [0.15, 0.2) is 0 Å². The zero-order chi connectivity index (χ0) is 18.1. The Kier molecular flexibility index (Phi) is 7.91. The van der Waals surface area contributed by atoms with Crippen molar-refractivity contribution < 1.29 is 9.59 Å². The van der Waals surface area contributed by atoms with Gasteiger partial charge in [-0.2, -0.15) is 5.10 Å². The first-order valence-electron chi connectivity index (χ1n) is 9.32. The first kappa shape index (κ1) is 19.4. The van der Waals surface area contributed by atoms with Crippen LogP contribution in [0.15, 0.2) is 18.5 Å². The topological polar surface area (TPSA) is 79.3 Å². The smallest absolute Gasteiger partial charge is 0.247 e. The molecule has 0 saturated heterocycles. The molecule has 0 bridgehead atoms. The van der Waals surface area contributed by atoms with Crippen LogP contribution in [0.1, 0.15) is 51.5 Å². The number of hydrogen-bond donors (Lipinski definition) is 2. The number of hydrogen-bond acceptors (Lipinski definition) is 4. The predicted molar refractivity (Wildman–Crippen MR) is 97.1 cm³/mol. The van der Waals surface area contributed by atoms with Gasteiger partial charge in [-0.15, -0.1) is 0 Å². The highest BCUT2D eigenvalue weighted by atomic mass is 16.2. The number of amides is 2. The summed E-state index contributed by atoms with van der Waals surface area (Å²) in [6, 6.07) is 1.95. The fourth-order valence-corrected chi connectivity index (χ4v) is 3.25. The molecule has 1 aromatic rings. The summed E-state index contributed by atoms with van der Waals surface area (Å²) < 4.78 is 1.59. The van der Waals surface area contributed by atoms with E-state index in [9.17, 15) is 9.59 Å². The molecule has 7 nitrogen and oxygen atoms in total. The third-order valence-corrected chi connectivity index (χ3v) is 4.77. The van der Waals surface area contributed by atoms with Crippen LogP contribution in [0.4, 0.5) is 0 Å². The van der Waals surface area contributed by atoms with E-state index in [-0.39, 0.29) is 18.4 Å². The number of nitrogens with zero attached hydrogens (tertiary/aromatic N) is 3. The summed E-state index contributed by atoms with van der Waals surface area (Å²) >= 11 is 0. The molecule has 0 aliphatic heterocycles. The molecule has 2 N–H and O–H groups in total. The maximum atomic E-state index is 12.3. The fourth-order valence-electron chi connectivity index (χ4n) is 3.25. The van der Waals surface area contributed by atoms with E-state index in [0.29, 0.717) is 12.6 Å². The molecule has 1 fully saturated rings. The van der Waals surface area contributed by atoms with Crippen LogP contribution >= 0.6 is 0 Å². The van der Waals surface area contributed by atoms with Gasteiger partial charge in [-0.1, -0.05) is 25.7 Å². The normalized spacial score (nSPS) is 16.9. The van der Waals surface area contributed by atoms with E-state index in [1.54, 1.807) is 37.1 Å². The first-order chi connectivity index (χ1) is 12.1. The van der Waals surface area contributed by atoms with E-state index < -0.39 is 6.04 Å². The molecule has 2 amide bonds. The van der Waals surface area contributed by atoms with Crippen molar-refractivity contribution in [2.75, 3.05) is 26.7 Å². The molecule has 7 heteroatoms. The summed E-state index contributed by atoms with van der Waals surface area (Å²) in [5, 5.41) is 10.5. The number of nitrogens with one attached hydrogen (secondary N) is 2. The molecule has 1 atom stereocenters. The standard InChI is InChI=1S/C18H31N5O2/c1-15(23-13-7-10-21-23)18(25)22(2)14-17(24)20-12-11-19-16-8-5-3-4-6-9-16/h7,10,13,15-16,19H,3-6,8-9,11-12,14H2,1-2H3,(H,20,24). The van der Waals surface area contributed by atoms with Crippen LogP contribution in [0, 0.1) is 0 Å². The molecule has 1 heterocycles. The van der Waals surface area contributed by atoms with Crippen molar-refractivity contribution in [1.29, 1.82) is 0 Å². The maximum absolute atomic E-state index is 12.3. The Bertz CT molecular complexity index is 524. The second kappa shape index (κ2) is 10.2. The minimum absolute atomic E-state index is 0.0634. The van der Waals surface area contributed by atoms with Crippen molar-refractivity contribution in [1.82, 2.24) is 25.3 Å². The van der Waals surface area contributed by atoms with Gasteiger partial charge in [-0.3, -0.25) is 14.3 Å². The molecule has 0 radical (unpaired) electrons. The average molecular weight is 349 g/mol. The van der Waals surface area contributed by atoms with Crippen LogP contribution in [0.25, 0.3) is 0 Å². The van der Waals surface area contributed by atoms with Crippen LogP contribution in [0.5, 0.6) is 0 Å². The summed E-state index contributed by atoms with van der Waals surface area (Å²) in [6.45, 7) is 3.21. The third kappa shape index (κ3) is 6.49. The molecule has 25 heavy (non-hydrogen) atoms. The summed E-state index contributed by atoms with van der Waals surface area (Å²) in [6.07, 6.45) is 11.1. The van der Waals surface area contributed by atoms with Crippen molar-refractivity contribution in [2.24, 2.45) is 0 Å². The summed E-state index contributed by atoms with van der Waals surface area (Å²) in [5.41, 5.74) is 0. The molecular formula is C18H31N5O2. The van der Waals surface area contributed by atoms with Gasteiger partial charge in [0.1, 0.15) is 6.04 Å². The molecule has 1 aromatic heterocycles. The maximum Gasteiger partial charge on any atom is 0.247 e. The van der Waals surface area contributed by atoms with Gasteiger partial charge in [0, 0.05) is 38.6 Å². The Hall–Kier alpha value is -1.89. The Labute approximate surface area is 150 Å². The Morgan fingerprint density at radius 3 is 2.60 bits per heavy atom. The molecule has 1 aliphatic carbocycles. The minimum Gasteiger partial charge on any atom is -0.353 e. The van der Waals surface area contributed by atoms with E-state index in [1.165, 1.54) is 43.4 Å². The summed E-state index contributed by atoms with van der Waals surface area (Å²) in [4.78, 5) is 25.8. The number of carbonyl (C=O) groups excluding carboxylic acids is 2. The van der Waals surface area contributed by atoms with Gasteiger partial charge in [0.25, 0.3) is 0 Å². The highest BCUT2D eigenvalue weighted by molar-refractivity contribution is 5.86. The Morgan fingerprint density at radius 2 is 1.96 bits per heavy atom. The third-order valence-electron chi connectivity index (χ3n) is 4.77. The molecule has 2 rings (SSSR count). The SMILES string of the molecule is CC(C(=O)N(C)CC(=O)NCCNC1CCCCCC1)n1cccn1. The van der Waals surface area contributed by atoms with Crippen molar-refractivity contribution in [3.8, 4) is 0 Å². The van der Waals surface area contributed by atoms with E-state index in [2.05, 4.69) is 15.7 Å². The predicted octanol–water partition coefficient (Wildman–Crippen LogP) is 1.33. The Morgan fingerprint density at radius 1 is 1.24 bits per heavy atom. The van der Waals surface area contributed by atoms with Gasteiger partial charge in [0.05, 0.1) is 6.54 Å². The first-order valence-corrected chi connectivity index (χ1v) is 9.32. The van der Waals surface area contributed by atoms with Gasteiger partial charge >= 0.3 is 0 Å². The van der Waals surface area contributed by atoms with E-state index >= 15 is 0 Å². The van der Waals surface area contributed by atoms with Crippen LogP contribution < -0.4 is 10.6 Å². The van der Waals surface area contributed by atoms with E-state index in [1.807, 2.05) is 0 Å². The molecule has 1 saturated carbocycles. The summed E-state index contributed by atoms with van der Waals surface area (Å²) in [7, 11) is 1.64. The van der Waals surface area contributed by atoms with Crippen LogP contribution in [-0.4, -0.2) is 59.2 Å². The lowest BCUT2D eigenvalue weighted by Gasteiger charge is -2.21. The zero-order valence-corrected chi connectivity index (χ0v) is 15.4. The fraction of sp³-hybridized carbons (Fsp3) is 0.722. The molecular weight excluding hydrogens is 318 g/mol. The highest BCUT2D eigenvalue weighted by Gasteiger charge is 2.21. The largest absolute Gasteiger partial charge is 0.353 e. The molecule has 1 aliphatic rings. The van der Waals surface area contributed by atoms with Gasteiger partial charge in [-0.05, 0) is 25.8 Å². The zero-order valence-electron chi connectivity index (χ0n) is 15.4. The van der Waals surface area contributed by atoms with Crippen molar-refractivity contribution in [3.05, 3.63) is 18.5 Å². The average Bonchev–Trinajstić information content (AvgIpc) is 3.02.